The molecular weight excluding hydrogens is 364 g/mol. The van der Waals surface area contributed by atoms with Crippen molar-refractivity contribution >= 4 is 5.78 Å². The fraction of sp³-hybridized carbons (Fsp3) is 0.345. The van der Waals surface area contributed by atoms with E-state index < -0.39 is 0 Å². The SMILES string of the molecule is C#Cc1ccc(CCC(C)=O)cc1.C=C/C=C(\C=C/C)C(=C)C(CCCC)=C(C)C. The van der Waals surface area contributed by atoms with Crippen LogP contribution in [0.1, 0.15) is 71.4 Å². The summed E-state index contributed by atoms with van der Waals surface area (Å²) in [6.07, 6.45) is 18.2. The fourth-order valence-corrected chi connectivity index (χ4v) is 2.88. The molecule has 0 saturated heterocycles. The molecule has 0 amide bonds. The van der Waals surface area contributed by atoms with Crippen LogP contribution in [0.25, 0.3) is 0 Å². The molecule has 160 valence electrons. The Labute approximate surface area is 185 Å². The first-order chi connectivity index (χ1) is 14.3. The monoisotopic (exact) mass is 402 g/mol. The van der Waals surface area contributed by atoms with E-state index in [0.29, 0.717) is 6.42 Å². The van der Waals surface area contributed by atoms with Gasteiger partial charge in [-0.05, 0) is 81.4 Å². The standard InChI is InChI=1S/C17H26.C12H12O/c1-7-10-13-17(14(4)5)15(6)16(11-8-2)12-9-3;1-3-11-6-8-12(9-7-11)5-4-10(2)13/h8-9,11-12H,2,6-7,10,13H2,1,3-5H3;1,6-9H,4-5H2,2H3/b12-9-,16-11+;. The van der Waals surface area contributed by atoms with Crippen LogP contribution in [0.5, 0.6) is 0 Å². The van der Waals surface area contributed by atoms with Gasteiger partial charge in [-0.1, -0.05) is 74.4 Å². The summed E-state index contributed by atoms with van der Waals surface area (Å²) in [4.78, 5) is 10.7. The molecule has 1 nitrogen and oxygen atoms in total. The van der Waals surface area contributed by atoms with E-state index >= 15 is 0 Å². The van der Waals surface area contributed by atoms with Gasteiger partial charge in [-0.2, -0.15) is 0 Å². The molecule has 0 aliphatic rings. The second kappa shape index (κ2) is 16.0. The van der Waals surface area contributed by atoms with Crippen molar-refractivity contribution < 1.29 is 4.79 Å². The number of unbranched alkanes of at least 4 members (excludes halogenated alkanes) is 1. The molecule has 0 aliphatic carbocycles. The summed E-state index contributed by atoms with van der Waals surface area (Å²) in [6.45, 7) is 18.2. The Hall–Kier alpha value is -2.85. The van der Waals surface area contributed by atoms with Gasteiger partial charge in [-0.3, -0.25) is 0 Å². The van der Waals surface area contributed by atoms with Crippen molar-refractivity contribution in [2.24, 2.45) is 0 Å². The zero-order chi connectivity index (χ0) is 22.9. The van der Waals surface area contributed by atoms with E-state index in [1.165, 1.54) is 24.0 Å². The first-order valence-electron chi connectivity index (χ1n) is 10.7. The van der Waals surface area contributed by atoms with Gasteiger partial charge < -0.3 is 4.79 Å². The van der Waals surface area contributed by atoms with Gasteiger partial charge in [0.25, 0.3) is 0 Å². The van der Waals surface area contributed by atoms with E-state index in [2.05, 4.69) is 45.9 Å². The van der Waals surface area contributed by atoms with E-state index in [4.69, 9.17) is 6.42 Å². The molecule has 30 heavy (non-hydrogen) atoms. The van der Waals surface area contributed by atoms with Gasteiger partial charge in [-0.15, -0.1) is 6.42 Å². The zero-order valence-electron chi connectivity index (χ0n) is 19.6. The quantitative estimate of drug-likeness (QED) is 0.287. The van der Waals surface area contributed by atoms with Gasteiger partial charge in [0, 0.05) is 12.0 Å². The van der Waals surface area contributed by atoms with Crippen LogP contribution in [-0.4, -0.2) is 5.78 Å². The van der Waals surface area contributed by atoms with Gasteiger partial charge in [0.15, 0.2) is 0 Å². The number of carbonyl (C=O) groups excluding carboxylic acids is 1. The first-order valence-corrected chi connectivity index (χ1v) is 10.7. The highest BCUT2D eigenvalue weighted by atomic mass is 16.1. The highest BCUT2D eigenvalue weighted by Crippen LogP contribution is 2.26. The van der Waals surface area contributed by atoms with Gasteiger partial charge >= 0.3 is 0 Å². The highest BCUT2D eigenvalue weighted by Gasteiger charge is 2.07. The molecule has 1 aromatic rings. The van der Waals surface area contributed by atoms with Crippen LogP contribution in [0.2, 0.25) is 0 Å². The van der Waals surface area contributed by atoms with E-state index in [-0.39, 0.29) is 5.78 Å². The van der Waals surface area contributed by atoms with Gasteiger partial charge in [-0.25, -0.2) is 0 Å². The minimum absolute atomic E-state index is 0.223. The van der Waals surface area contributed by atoms with Crippen molar-refractivity contribution in [2.75, 3.05) is 0 Å². The minimum atomic E-state index is 0.223. The summed E-state index contributed by atoms with van der Waals surface area (Å²) in [6, 6.07) is 7.74. The third kappa shape index (κ3) is 11.2. The first kappa shape index (κ1) is 27.2. The number of ketones is 1. The maximum Gasteiger partial charge on any atom is 0.130 e. The lowest BCUT2D eigenvalue weighted by Gasteiger charge is -2.14. The van der Waals surface area contributed by atoms with Crippen molar-refractivity contribution in [3.63, 3.8) is 0 Å². The molecule has 0 bridgehead atoms. The molecule has 0 N–H and O–H groups in total. The number of benzene rings is 1. The van der Waals surface area contributed by atoms with Crippen LogP contribution in [-0.2, 0) is 11.2 Å². The molecule has 0 atom stereocenters. The lowest BCUT2D eigenvalue weighted by Crippen LogP contribution is -1.95. The average molecular weight is 403 g/mol. The molecule has 1 aromatic carbocycles. The molecule has 0 aromatic heterocycles. The van der Waals surface area contributed by atoms with Crippen LogP contribution in [0, 0.1) is 12.3 Å². The number of hydrogen-bond donors (Lipinski definition) is 0. The summed E-state index contributed by atoms with van der Waals surface area (Å²) in [5.41, 5.74) is 7.09. The van der Waals surface area contributed by atoms with Gasteiger partial charge in [0.2, 0.25) is 0 Å². The highest BCUT2D eigenvalue weighted by molar-refractivity contribution is 5.75. The Morgan fingerprint density at radius 3 is 2.20 bits per heavy atom. The van der Waals surface area contributed by atoms with Crippen molar-refractivity contribution in [2.45, 2.75) is 66.7 Å². The summed E-state index contributed by atoms with van der Waals surface area (Å²) in [7, 11) is 0. The normalized spacial score (nSPS) is 10.6. The van der Waals surface area contributed by atoms with Crippen molar-refractivity contribution in [3.05, 3.63) is 95.1 Å². The van der Waals surface area contributed by atoms with E-state index in [0.717, 1.165) is 35.1 Å². The molecule has 1 rings (SSSR count). The number of allylic oxidation sites excluding steroid dienone is 8. The fourth-order valence-electron chi connectivity index (χ4n) is 2.88. The smallest absolute Gasteiger partial charge is 0.130 e. The molecule has 1 heteroatoms. The molecule has 0 fully saturated rings. The number of rotatable bonds is 10. The third-order valence-electron chi connectivity index (χ3n) is 4.63. The Balaban J connectivity index is 0.000000579. The van der Waals surface area contributed by atoms with Gasteiger partial charge in [0.1, 0.15) is 5.78 Å². The number of carbonyl (C=O) groups is 1. The zero-order valence-corrected chi connectivity index (χ0v) is 19.6. The second-order valence-corrected chi connectivity index (χ2v) is 7.46. The topological polar surface area (TPSA) is 17.1 Å². The molecule has 0 aliphatic heterocycles. The van der Waals surface area contributed by atoms with Crippen LogP contribution >= 0.6 is 0 Å². The molecule has 0 heterocycles. The maximum absolute atomic E-state index is 10.7. The lowest BCUT2D eigenvalue weighted by atomic mass is 9.91. The van der Waals surface area contributed by atoms with Crippen LogP contribution < -0.4 is 0 Å². The third-order valence-corrected chi connectivity index (χ3v) is 4.63. The van der Waals surface area contributed by atoms with E-state index in [1.54, 1.807) is 6.92 Å². The summed E-state index contributed by atoms with van der Waals surface area (Å²) < 4.78 is 0. The van der Waals surface area contributed by atoms with Crippen LogP contribution in [0.3, 0.4) is 0 Å². The Morgan fingerprint density at radius 2 is 1.77 bits per heavy atom. The molecule has 0 unspecified atom stereocenters. The second-order valence-electron chi connectivity index (χ2n) is 7.46. The maximum atomic E-state index is 10.7. The molecule has 0 saturated carbocycles. The molecule has 0 radical (unpaired) electrons. The number of aryl methyl sites for hydroxylation is 1. The van der Waals surface area contributed by atoms with Crippen molar-refractivity contribution in [1.29, 1.82) is 0 Å². The summed E-state index contributed by atoms with van der Waals surface area (Å²) in [5.74, 6) is 2.78. The minimum Gasteiger partial charge on any atom is -0.300 e. The number of hydrogen-bond acceptors (Lipinski definition) is 1. The van der Waals surface area contributed by atoms with Gasteiger partial charge in [0.05, 0.1) is 0 Å². The summed E-state index contributed by atoms with van der Waals surface area (Å²) >= 11 is 0. The molecular formula is C29H38O. The Bertz CT molecular complexity index is 816. The predicted molar refractivity (Wildman–Crippen MR) is 134 cm³/mol. The lowest BCUT2D eigenvalue weighted by molar-refractivity contribution is -0.116. The van der Waals surface area contributed by atoms with Crippen molar-refractivity contribution in [3.8, 4) is 12.3 Å². The Kier molecular flexibility index (Phi) is 14.5. The summed E-state index contributed by atoms with van der Waals surface area (Å²) in [5, 5.41) is 0. The largest absolute Gasteiger partial charge is 0.300 e. The van der Waals surface area contributed by atoms with Crippen molar-refractivity contribution in [1.82, 2.24) is 0 Å². The van der Waals surface area contributed by atoms with Crippen LogP contribution in [0.4, 0.5) is 0 Å². The predicted octanol–water partition coefficient (Wildman–Crippen LogP) is 7.95. The van der Waals surface area contributed by atoms with E-state index in [1.807, 2.05) is 49.4 Å². The van der Waals surface area contributed by atoms with Crippen LogP contribution in [0.15, 0.2) is 84.0 Å². The molecule has 0 spiro atoms. The average Bonchev–Trinajstić information content (AvgIpc) is 2.72. The number of terminal acetylenes is 1. The van der Waals surface area contributed by atoms with E-state index in [9.17, 15) is 4.79 Å². The Morgan fingerprint density at radius 1 is 1.13 bits per heavy atom. The number of Topliss-reactive ketones (excluding diaryl/α,β-unsaturated/α-hetero) is 1.